The number of phenols is 1. The van der Waals surface area contributed by atoms with E-state index in [9.17, 15) is 4.79 Å². The van der Waals surface area contributed by atoms with Crippen LogP contribution in [0.25, 0.3) is 6.08 Å². The van der Waals surface area contributed by atoms with Crippen LogP contribution in [0.4, 0.5) is 0 Å². The van der Waals surface area contributed by atoms with Crippen LogP contribution in [-0.4, -0.2) is 16.2 Å². The van der Waals surface area contributed by atoms with Gasteiger partial charge in [0, 0.05) is 19.5 Å². The van der Waals surface area contributed by atoms with Gasteiger partial charge in [-0.25, -0.2) is 10.9 Å². The molecule has 0 spiro atoms. The number of hydrogen-bond donors (Lipinski definition) is 2. The second-order valence-electron chi connectivity index (χ2n) is 3.40. The molecule has 2 aromatic rings. The summed E-state index contributed by atoms with van der Waals surface area (Å²) in [7, 11) is 0. The molecule has 0 amide bonds. The van der Waals surface area contributed by atoms with Crippen molar-refractivity contribution < 1.29 is 34.5 Å². The van der Waals surface area contributed by atoms with Gasteiger partial charge in [0.2, 0.25) is 0 Å². The van der Waals surface area contributed by atoms with Gasteiger partial charge in [-0.2, -0.15) is 5.56 Å². The molecule has 0 saturated carbocycles. The smallest absolute Gasteiger partial charge is 0.339 e. The zero-order chi connectivity index (χ0) is 13.4. The molecule has 0 aromatic heterocycles. The van der Waals surface area contributed by atoms with E-state index in [-0.39, 0.29) is 30.8 Å². The minimum Gasteiger partial charge on any atom is -0.507 e. The van der Waals surface area contributed by atoms with Gasteiger partial charge in [0.25, 0.3) is 0 Å². The molecule has 0 aliphatic carbocycles. The average molecular weight is 307 g/mol. The Bertz CT molecular complexity index is 524. The maximum absolute atomic E-state index is 10.3. The van der Waals surface area contributed by atoms with Crippen LogP contribution < -0.4 is 0 Å². The Morgan fingerprint density at radius 3 is 1.89 bits per heavy atom. The zero-order valence-corrected chi connectivity index (χ0v) is 13.3. The van der Waals surface area contributed by atoms with Gasteiger partial charge >= 0.3 is 5.97 Å². The fraction of sp³-hybridized carbons (Fsp3) is 0. The van der Waals surface area contributed by atoms with Crippen LogP contribution in [-0.2, 0) is 19.5 Å². The molecule has 0 aliphatic rings. The number of rotatable bonds is 2. The molecule has 0 heterocycles. The first-order valence-electron chi connectivity index (χ1n) is 5.26. The van der Waals surface area contributed by atoms with Crippen molar-refractivity contribution in [3.63, 3.8) is 0 Å². The fourth-order valence-corrected chi connectivity index (χ4v) is 1.22. The Morgan fingerprint density at radius 2 is 1.53 bits per heavy atom. The fourth-order valence-electron chi connectivity index (χ4n) is 1.22. The molecule has 0 fully saturated rings. The van der Waals surface area contributed by atoms with Gasteiger partial charge in [-0.15, -0.1) is 12.1 Å². The normalized spacial score (nSPS) is 8.42. The molecule has 0 aliphatic heterocycles. The molecular formula is C15H13O3Zn-. The van der Waals surface area contributed by atoms with Crippen molar-refractivity contribution in [3.05, 3.63) is 72.3 Å². The molecule has 0 unspecified atom stereocenters. The maximum atomic E-state index is 10.3. The van der Waals surface area contributed by atoms with Crippen LogP contribution >= 0.6 is 0 Å². The monoisotopic (exact) mass is 305 g/mol. The second kappa shape index (κ2) is 9.06. The standard InChI is InChI=1S/C8H7.C7H6O3.Zn/c1-2-8-6-4-3-5-7-8;8-6-4-2-1-3-5(6)7(9)10;/h1-7H;1-4,8H,(H,9,10);/q-1;;. The van der Waals surface area contributed by atoms with Crippen LogP contribution in [0, 0.1) is 6.58 Å². The van der Waals surface area contributed by atoms with E-state index in [1.807, 2.05) is 30.3 Å². The van der Waals surface area contributed by atoms with E-state index >= 15 is 0 Å². The van der Waals surface area contributed by atoms with Gasteiger partial charge in [0.1, 0.15) is 11.3 Å². The Morgan fingerprint density at radius 1 is 1.00 bits per heavy atom. The van der Waals surface area contributed by atoms with E-state index in [4.69, 9.17) is 16.8 Å². The molecule has 2 N–H and O–H groups in total. The zero-order valence-electron chi connectivity index (χ0n) is 10.4. The Kier molecular flexibility index (Phi) is 8.14. The summed E-state index contributed by atoms with van der Waals surface area (Å²) in [6, 6.07) is 15.6. The molecule has 3 nitrogen and oxygen atoms in total. The summed E-state index contributed by atoms with van der Waals surface area (Å²) >= 11 is 0. The van der Waals surface area contributed by atoms with E-state index < -0.39 is 5.97 Å². The summed E-state index contributed by atoms with van der Waals surface area (Å²) in [4.78, 5) is 10.3. The molecule has 2 rings (SSSR count). The Hall–Kier alpha value is -1.93. The van der Waals surface area contributed by atoms with Crippen molar-refractivity contribution >= 4 is 12.0 Å². The predicted octanol–water partition coefficient (Wildman–Crippen LogP) is 3.22. The van der Waals surface area contributed by atoms with Gasteiger partial charge < -0.3 is 10.2 Å². The number of carboxylic acid groups (broad SMARTS) is 1. The number of benzene rings is 2. The van der Waals surface area contributed by atoms with Crippen molar-refractivity contribution in [2.45, 2.75) is 0 Å². The van der Waals surface area contributed by atoms with E-state index in [0.717, 1.165) is 5.56 Å². The SMILES string of the molecule is O=C(O)c1ccccc1O.[CH-]=Cc1ccccc1.[Zn]. The van der Waals surface area contributed by atoms with E-state index in [1.54, 1.807) is 18.2 Å². The van der Waals surface area contributed by atoms with Crippen LogP contribution in [0.1, 0.15) is 15.9 Å². The quantitative estimate of drug-likeness (QED) is 0.661. The van der Waals surface area contributed by atoms with Crippen molar-refractivity contribution in [1.29, 1.82) is 0 Å². The molecule has 0 bridgehead atoms. The number of aromatic carboxylic acids is 1. The van der Waals surface area contributed by atoms with Crippen molar-refractivity contribution in [2.24, 2.45) is 0 Å². The number of aromatic hydroxyl groups is 1. The van der Waals surface area contributed by atoms with Crippen molar-refractivity contribution in [2.75, 3.05) is 0 Å². The first-order valence-corrected chi connectivity index (χ1v) is 5.26. The molecule has 4 heteroatoms. The Labute approximate surface area is 125 Å². The predicted molar refractivity (Wildman–Crippen MR) is 70.3 cm³/mol. The molecule has 0 atom stereocenters. The van der Waals surface area contributed by atoms with Gasteiger partial charge in [-0.1, -0.05) is 30.3 Å². The topological polar surface area (TPSA) is 57.5 Å². The number of para-hydroxylation sites is 1. The van der Waals surface area contributed by atoms with E-state index in [0.29, 0.717) is 0 Å². The summed E-state index contributed by atoms with van der Waals surface area (Å²) < 4.78 is 0. The van der Waals surface area contributed by atoms with Crippen molar-refractivity contribution in [3.8, 4) is 5.75 Å². The third-order valence-electron chi connectivity index (χ3n) is 2.13. The van der Waals surface area contributed by atoms with Crippen LogP contribution in [0.5, 0.6) is 5.75 Å². The average Bonchev–Trinajstić information content (AvgIpc) is 2.40. The molecule has 2 aromatic carbocycles. The van der Waals surface area contributed by atoms with Crippen LogP contribution in [0.2, 0.25) is 0 Å². The number of hydrogen-bond acceptors (Lipinski definition) is 2. The van der Waals surface area contributed by atoms with Crippen molar-refractivity contribution in [1.82, 2.24) is 0 Å². The van der Waals surface area contributed by atoms with Gasteiger partial charge in [0.05, 0.1) is 0 Å². The second-order valence-corrected chi connectivity index (χ2v) is 3.40. The summed E-state index contributed by atoms with van der Waals surface area (Å²) in [6.07, 6.45) is 1.58. The number of carbonyl (C=O) groups is 1. The van der Waals surface area contributed by atoms with Crippen LogP contribution in [0.3, 0.4) is 0 Å². The first kappa shape index (κ1) is 17.1. The third-order valence-corrected chi connectivity index (χ3v) is 2.13. The van der Waals surface area contributed by atoms with Gasteiger partial charge in [-0.05, 0) is 12.1 Å². The number of carboxylic acids is 1. The van der Waals surface area contributed by atoms with Gasteiger partial charge in [0.15, 0.2) is 0 Å². The summed E-state index contributed by atoms with van der Waals surface area (Å²) in [5, 5.41) is 17.3. The molecular weight excluding hydrogens is 294 g/mol. The molecule has 0 radical (unpaired) electrons. The van der Waals surface area contributed by atoms with Crippen LogP contribution in [0.15, 0.2) is 54.6 Å². The summed E-state index contributed by atoms with van der Waals surface area (Å²) in [5.41, 5.74) is 0.995. The third kappa shape index (κ3) is 5.98. The van der Waals surface area contributed by atoms with E-state index in [1.165, 1.54) is 12.1 Å². The van der Waals surface area contributed by atoms with Gasteiger partial charge in [-0.3, -0.25) is 6.58 Å². The summed E-state index contributed by atoms with van der Waals surface area (Å²) in [5.74, 6) is -1.31. The van der Waals surface area contributed by atoms with E-state index in [2.05, 4.69) is 0 Å². The largest absolute Gasteiger partial charge is 0.507 e. The summed E-state index contributed by atoms with van der Waals surface area (Å²) in [6.45, 7) is 5.22. The maximum Gasteiger partial charge on any atom is 0.339 e. The minimum atomic E-state index is -1.11. The minimum absolute atomic E-state index is 0. The molecule has 19 heavy (non-hydrogen) atoms. The molecule has 0 saturated heterocycles. The first-order chi connectivity index (χ1) is 8.65. The molecule has 94 valence electrons. The Balaban J connectivity index is 0.000000331.